The fourth-order valence-electron chi connectivity index (χ4n) is 2.14. The molecule has 0 fully saturated rings. The number of aryl methyl sites for hydroxylation is 1. The first-order chi connectivity index (χ1) is 11.8. The molecule has 0 heterocycles. The Morgan fingerprint density at radius 2 is 1.88 bits per heavy atom. The van der Waals surface area contributed by atoms with Crippen molar-refractivity contribution in [1.29, 1.82) is 0 Å². The zero-order valence-corrected chi connectivity index (χ0v) is 13.6. The second kappa shape index (κ2) is 8.02. The van der Waals surface area contributed by atoms with Crippen LogP contribution in [0.25, 0.3) is 0 Å². The largest absolute Gasteiger partial charge is 0.492 e. The summed E-state index contributed by atoms with van der Waals surface area (Å²) in [5.41, 5.74) is 6.83. The molecule has 3 N–H and O–H groups in total. The molecule has 25 heavy (non-hydrogen) atoms. The van der Waals surface area contributed by atoms with E-state index in [2.05, 4.69) is 5.32 Å². The molecule has 0 radical (unpaired) electrons. The van der Waals surface area contributed by atoms with Crippen molar-refractivity contribution < 1.29 is 22.7 Å². The fourth-order valence-corrected chi connectivity index (χ4v) is 2.14. The summed E-state index contributed by atoms with van der Waals surface area (Å²) in [5.74, 6) is -0.289. The van der Waals surface area contributed by atoms with Crippen molar-refractivity contribution in [1.82, 2.24) is 5.32 Å². The van der Waals surface area contributed by atoms with Crippen molar-refractivity contribution in [2.24, 2.45) is 5.73 Å². The Hall–Kier alpha value is -2.54. The number of amides is 1. The van der Waals surface area contributed by atoms with Crippen LogP contribution in [0.3, 0.4) is 0 Å². The van der Waals surface area contributed by atoms with Gasteiger partial charge in [0.2, 0.25) is 5.91 Å². The van der Waals surface area contributed by atoms with Gasteiger partial charge in [0.25, 0.3) is 0 Å². The summed E-state index contributed by atoms with van der Waals surface area (Å²) in [7, 11) is 0. The fraction of sp³-hybridized carbons (Fsp3) is 0.278. The molecule has 0 saturated carbocycles. The maximum atomic E-state index is 12.6. The molecule has 4 nitrogen and oxygen atoms in total. The number of hydrogen-bond acceptors (Lipinski definition) is 3. The van der Waals surface area contributed by atoms with Gasteiger partial charge in [0.15, 0.2) is 0 Å². The molecule has 0 saturated heterocycles. The molecule has 0 aliphatic carbocycles. The number of alkyl halides is 3. The minimum Gasteiger partial charge on any atom is -0.492 e. The van der Waals surface area contributed by atoms with Gasteiger partial charge in [-0.05, 0) is 30.7 Å². The Morgan fingerprint density at radius 3 is 2.52 bits per heavy atom. The molecule has 1 amide bonds. The van der Waals surface area contributed by atoms with Gasteiger partial charge >= 0.3 is 6.18 Å². The minimum atomic E-state index is -4.42. The third-order valence-corrected chi connectivity index (χ3v) is 3.55. The van der Waals surface area contributed by atoms with Crippen LogP contribution in [0.4, 0.5) is 13.2 Å². The summed E-state index contributed by atoms with van der Waals surface area (Å²) < 4.78 is 43.1. The molecule has 2 aromatic rings. The Kier molecular flexibility index (Phi) is 6.03. The molecule has 7 heteroatoms. The molecular formula is C18H19F3N2O2. The molecule has 0 bridgehead atoms. The zero-order chi connectivity index (χ0) is 18.4. The van der Waals surface area contributed by atoms with E-state index in [0.717, 1.165) is 17.7 Å². The van der Waals surface area contributed by atoms with Crippen molar-refractivity contribution in [3.63, 3.8) is 0 Å². The Bertz CT molecular complexity index is 715. The number of benzene rings is 2. The molecule has 0 spiro atoms. The predicted molar refractivity (Wildman–Crippen MR) is 88.1 cm³/mol. The molecule has 1 atom stereocenters. The van der Waals surface area contributed by atoms with E-state index in [1.54, 1.807) is 12.1 Å². The van der Waals surface area contributed by atoms with Gasteiger partial charge in [0.05, 0.1) is 12.1 Å². The number of carbonyl (C=O) groups excluding carboxylic acids is 1. The van der Waals surface area contributed by atoms with Gasteiger partial charge < -0.3 is 15.8 Å². The highest BCUT2D eigenvalue weighted by atomic mass is 19.4. The molecule has 2 rings (SSSR count). The predicted octanol–water partition coefficient (Wildman–Crippen LogP) is 3.21. The van der Waals surface area contributed by atoms with E-state index < -0.39 is 17.8 Å². The summed E-state index contributed by atoms with van der Waals surface area (Å²) in [6, 6.07) is 11.0. The van der Waals surface area contributed by atoms with Gasteiger partial charge in [-0.2, -0.15) is 13.2 Å². The molecule has 0 aliphatic rings. The normalized spacial score (nSPS) is 12.5. The first kappa shape index (κ1) is 18.8. The van der Waals surface area contributed by atoms with E-state index in [4.69, 9.17) is 10.5 Å². The van der Waals surface area contributed by atoms with E-state index in [0.29, 0.717) is 5.56 Å². The molecule has 2 aromatic carbocycles. The quantitative estimate of drug-likeness (QED) is 0.785. The summed E-state index contributed by atoms with van der Waals surface area (Å²) in [6.07, 6.45) is -4.42. The summed E-state index contributed by atoms with van der Waals surface area (Å²) in [4.78, 5) is 12.0. The number of hydrogen-bond donors (Lipinski definition) is 2. The second-order valence-electron chi connectivity index (χ2n) is 5.55. The summed E-state index contributed by atoms with van der Waals surface area (Å²) in [5, 5.41) is 2.60. The highest BCUT2D eigenvalue weighted by Crippen LogP contribution is 2.31. The third-order valence-electron chi connectivity index (χ3n) is 3.55. The van der Waals surface area contributed by atoms with Crippen molar-refractivity contribution in [3.8, 4) is 5.75 Å². The number of carbonyl (C=O) groups is 1. The highest BCUT2D eigenvalue weighted by Gasteiger charge is 2.30. The van der Waals surface area contributed by atoms with E-state index >= 15 is 0 Å². The van der Waals surface area contributed by atoms with Crippen LogP contribution in [0.2, 0.25) is 0 Å². The average Bonchev–Trinajstić information content (AvgIpc) is 2.58. The molecule has 0 aliphatic heterocycles. The van der Waals surface area contributed by atoms with Crippen LogP contribution < -0.4 is 15.8 Å². The highest BCUT2D eigenvalue weighted by molar-refractivity contribution is 5.82. The third kappa shape index (κ3) is 5.49. The SMILES string of the molecule is Cc1ccc(C(N)C(=O)NCCOc2cccc(C(F)(F)F)c2)cc1. The van der Waals surface area contributed by atoms with E-state index in [9.17, 15) is 18.0 Å². The van der Waals surface area contributed by atoms with E-state index in [1.165, 1.54) is 12.1 Å². The molecular weight excluding hydrogens is 333 g/mol. The van der Waals surface area contributed by atoms with E-state index in [1.807, 2.05) is 19.1 Å². The van der Waals surface area contributed by atoms with Gasteiger partial charge in [-0.1, -0.05) is 35.9 Å². The number of rotatable bonds is 6. The lowest BCUT2D eigenvalue weighted by atomic mass is 10.1. The van der Waals surface area contributed by atoms with Crippen LogP contribution in [-0.2, 0) is 11.0 Å². The number of halogens is 3. The second-order valence-corrected chi connectivity index (χ2v) is 5.55. The van der Waals surface area contributed by atoms with Gasteiger partial charge in [-0.15, -0.1) is 0 Å². The van der Waals surface area contributed by atoms with Crippen molar-refractivity contribution in [2.45, 2.75) is 19.1 Å². The van der Waals surface area contributed by atoms with Crippen molar-refractivity contribution in [2.75, 3.05) is 13.2 Å². The molecule has 0 aromatic heterocycles. The van der Waals surface area contributed by atoms with Gasteiger partial charge in [-0.3, -0.25) is 4.79 Å². The van der Waals surface area contributed by atoms with Crippen LogP contribution in [0.5, 0.6) is 5.75 Å². The minimum absolute atomic E-state index is 0.0354. The lowest BCUT2D eigenvalue weighted by Crippen LogP contribution is -2.36. The number of nitrogens with two attached hydrogens (primary N) is 1. The van der Waals surface area contributed by atoms with E-state index in [-0.39, 0.29) is 24.8 Å². The van der Waals surface area contributed by atoms with Crippen molar-refractivity contribution in [3.05, 3.63) is 65.2 Å². The topological polar surface area (TPSA) is 64.4 Å². The molecule has 134 valence electrons. The first-order valence-electron chi connectivity index (χ1n) is 7.67. The maximum absolute atomic E-state index is 12.6. The summed E-state index contributed by atoms with van der Waals surface area (Å²) in [6.45, 7) is 2.10. The van der Waals surface area contributed by atoms with Crippen LogP contribution in [0.1, 0.15) is 22.7 Å². The van der Waals surface area contributed by atoms with Crippen LogP contribution in [0.15, 0.2) is 48.5 Å². The van der Waals surface area contributed by atoms with Crippen LogP contribution in [0, 0.1) is 6.92 Å². The monoisotopic (exact) mass is 352 g/mol. The van der Waals surface area contributed by atoms with Crippen molar-refractivity contribution >= 4 is 5.91 Å². The summed E-state index contributed by atoms with van der Waals surface area (Å²) >= 11 is 0. The smallest absolute Gasteiger partial charge is 0.416 e. The van der Waals surface area contributed by atoms with Gasteiger partial charge in [0.1, 0.15) is 18.4 Å². The number of ether oxygens (including phenoxy) is 1. The standard InChI is InChI=1S/C18H19F3N2O2/c1-12-5-7-13(8-6-12)16(22)17(24)23-9-10-25-15-4-2-3-14(11-15)18(19,20)21/h2-8,11,16H,9-10,22H2,1H3,(H,23,24). The average molecular weight is 352 g/mol. The van der Waals surface area contributed by atoms with Gasteiger partial charge in [0, 0.05) is 0 Å². The van der Waals surface area contributed by atoms with Crippen LogP contribution in [-0.4, -0.2) is 19.1 Å². The first-order valence-corrected chi connectivity index (χ1v) is 7.67. The van der Waals surface area contributed by atoms with Crippen LogP contribution >= 0.6 is 0 Å². The zero-order valence-electron chi connectivity index (χ0n) is 13.6. The maximum Gasteiger partial charge on any atom is 0.416 e. The van der Waals surface area contributed by atoms with Gasteiger partial charge in [-0.25, -0.2) is 0 Å². The lowest BCUT2D eigenvalue weighted by molar-refractivity contribution is -0.137. The lowest BCUT2D eigenvalue weighted by Gasteiger charge is -2.14. The Labute approximate surface area is 143 Å². The Morgan fingerprint density at radius 1 is 1.20 bits per heavy atom. The molecule has 1 unspecified atom stereocenters. The number of nitrogens with one attached hydrogen (secondary N) is 1. The Balaban J connectivity index is 1.81.